The molecule has 3 rings (SSSR count). The average Bonchev–Trinajstić information content (AvgIpc) is 3.17. The van der Waals surface area contributed by atoms with Crippen LogP contribution < -0.4 is 10.6 Å². The minimum absolute atomic E-state index is 0.0686. The second-order valence-electron chi connectivity index (χ2n) is 5.98. The number of benzene rings is 2. The van der Waals surface area contributed by atoms with Crippen LogP contribution in [0.25, 0.3) is 0 Å². The van der Waals surface area contributed by atoms with Crippen LogP contribution in [0.5, 0.6) is 0 Å². The number of rotatable bonds is 6. The normalized spacial score (nSPS) is 12.6. The Balaban J connectivity index is 1.86. The highest BCUT2D eigenvalue weighted by Crippen LogP contribution is 2.36. The lowest BCUT2D eigenvalue weighted by Gasteiger charge is -2.20. The van der Waals surface area contributed by atoms with E-state index in [4.69, 9.17) is 16.0 Å². The highest BCUT2D eigenvalue weighted by molar-refractivity contribution is 6.30. The van der Waals surface area contributed by atoms with Crippen LogP contribution in [-0.2, 0) is 17.5 Å². The molecule has 3 aromatic rings. The first-order chi connectivity index (χ1) is 13.3. The number of carbonyl (C=O) groups excluding carboxylic acids is 1. The molecule has 1 unspecified atom stereocenters. The Labute approximate surface area is 164 Å². The molecule has 2 aromatic carbocycles. The molecule has 28 heavy (non-hydrogen) atoms. The number of hydrogen-bond donors (Lipinski definition) is 2. The average molecular weight is 409 g/mol. The molecule has 0 radical (unpaired) electrons. The molecule has 1 atom stereocenters. The van der Waals surface area contributed by atoms with Crippen LogP contribution >= 0.6 is 11.6 Å². The first-order valence-electron chi connectivity index (χ1n) is 8.33. The summed E-state index contributed by atoms with van der Waals surface area (Å²) in [7, 11) is 0. The van der Waals surface area contributed by atoms with Gasteiger partial charge in [0.1, 0.15) is 11.8 Å². The Hall–Kier alpha value is -2.77. The van der Waals surface area contributed by atoms with Crippen molar-refractivity contribution in [3.63, 3.8) is 0 Å². The van der Waals surface area contributed by atoms with Crippen LogP contribution in [0.2, 0.25) is 5.02 Å². The number of hydrogen-bond acceptors (Lipinski definition) is 3. The van der Waals surface area contributed by atoms with Crippen molar-refractivity contribution in [3.05, 3.63) is 88.8 Å². The van der Waals surface area contributed by atoms with Crippen molar-refractivity contribution in [3.8, 4) is 0 Å². The van der Waals surface area contributed by atoms with Gasteiger partial charge >= 0.3 is 6.18 Å². The van der Waals surface area contributed by atoms with E-state index in [-0.39, 0.29) is 17.3 Å². The third-order valence-electron chi connectivity index (χ3n) is 4.00. The minimum Gasteiger partial charge on any atom is -0.468 e. The number of carbonyl (C=O) groups is 1. The monoisotopic (exact) mass is 408 g/mol. The summed E-state index contributed by atoms with van der Waals surface area (Å²) < 4.78 is 45.1. The summed E-state index contributed by atoms with van der Waals surface area (Å²) in [5.41, 5.74) is -0.761. The molecule has 0 saturated carbocycles. The maximum absolute atomic E-state index is 13.3. The molecule has 4 nitrogen and oxygen atoms in total. The Morgan fingerprint density at radius 1 is 1.07 bits per heavy atom. The summed E-state index contributed by atoms with van der Waals surface area (Å²) in [4.78, 5) is 12.8. The van der Waals surface area contributed by atoms with Crippen LogP contribution in [0.1, 0.15) is 22.9 Å². The van der Waals surface area contributed by atoms with Gasteiger partial charge < -0.3 is 9.73 Å². The molecule has 0 aliphatic carbocycles. The van der Waals surface area contributed by atoms with Crippen molar-refractivity contribution >= 4 is 23.2 Å². The number of nitrogens with one attached hydrogen (secondary N) is 2. The molecule has 146 valence electrons. The Kier molecular flexibility index (Phi) is 6.06. The predicted octanol–water partition coefficient (Wildman–Crippen LogP) is 5.42. The molecular weight excluding hydrogens is 393 g/mol. The van der Waals surface area contributed by atoms with E-state index in [2.05, 4.69) is 10.6 Å². The second-order valence-corrected chi connectivity index (χ2v) is 6.42. The molecule has 0 spiro atoms. The van der Waals surface area contributed by atoms with Crippen LogP contribution in [0.4, 0.5) is 18.9 Å². The van der Waals surface area contributed by atoms with Crippen LogP contribution in [0.15, 0.2) is 71.3 Å². The lowest BCUT2D eigenvalue weighted by Crippen LogP contribution is -2.33. The lowest BCUT2D eigenvalue weighted by molar-refractivity contribution is -0.137. The van der Waals surface area contributed by atoms with Crippen molar-refractivity contribution in [1.82, 2.24) is 5.32 Å². The lowest BCUT2D eigenvalue weighted by atomic mass is 10.1. The Bertz CT molecular complexity index is 928. The fraction of sp³-hybridized carbons (Fsp3) is 0.150. The standard InChI is InChI=1S/C20H16ClF3N2O2/c21-14-8-9-17(16(11-14)20(22,23)24)26-19(27)18(13-5-2-1-3-6-13)25-12-15-7-4-10-28-15/h1-11,18,25H,12H2,(H,26,27). The SMILES string of the molecule is O=C(Nc1ccc(Cl)cc1C(F)(F)F)C(NCc1ccco1)c1ccccc1. The van der Waals surface area contributed by atoms with E-state index >= 15 is 0 Å². The fourth-order valence-electron chi connectivity index (χ4n) is 2.69. The van der Waals surface area contributed by atoms with E-state index in [1.165, 1.54) is 12.3 Å². The highest BCUT2D eigenvalue weighted by atomic mass is 35.5. The minimum atomic E-state index is -4.66. The second kappa shape index (κ2) is 8.50. The summed E-state index contributed by atoms with van der Waals surface area (Å²) >= 11 is 5.69. The maximum atomic E-state index is 13.3. The van der Waals surface area contributed by atoms with Crippen molar-refractivity contribution in [2.75, 3.05) is 5.32 Å². The molecule has 0 fully saturated rings. The molecule has 0 aliphatic heterocycles. The number of halogens is 4. The third kappa shape index (κ3) is 4.94. The van der Waals surface area contributed by atoms with Gasteiger partial charge in [0.2, 0.25) is 5.91 Å². The summed E-state index contributed by atoms with van der Waals surface area (Å²) in [6.07, 6.45) is -3.16. The summed E-state index contributed by atoms with van der Waals surface area (Å²) in [6, 6.07) is 14.5. The first kappa shape index (κ1) is 20.0. The van der Waals surface area contributed by atoms with Crippen molar-refractivity contribution in [2.24, 2.45) is 0 Å². The zero-order valence-electron chi connectivity index (χ0n) is 14.5. The van der Waals surface area contributed by atoms with Gasteiger partial charge in [-0.2, -0.15) is 13.2 Å². The van der Waals surface area contributed by atoms with Gasteiger partial charge in [0, 0.05) is 5.02 Å². The van der Waals surface area contributed by atoms with E-state index < -0.39 is 23.7 Å². The first-order valence-corrected chi connectivity index (χ1v) is 8.71. The van der Waals surface area contributed by atoms with Gasteiger partial charge in [-0.15, -0.1) is 0 Å². The highest BCUT2D eigenvalue weighted by Gasteiger charge is 2.35. The molecule has 8 heteroatoms. The van der Waals surface area contributed by atoms with Crippen molar-refractivity contribution in [2.45, 2.75) is 18.8 Å². The van der Waals surface area contributed by atoms with Gasteiger partial charge in [-0.3, -0.25) is 10.1 Å². The van der Waals surface area contributed by atoms with Crippen LogP contribution in [0.3, 0.4) is 0 Å². The largest absolute Gasteiger partial charge is 0.468 e. The van der Waals surface area contributed by atoms with Gasteiger partial charge in [-0.25, -0.2) is 0 Å². The smallest absolute Gasteiger partial charge is 0.418 e. The quantitative estimate of drug-likeness (QED) is 0.572. The van der Waals surface area contributed by atoms with E-state index in [9.17, 15) is 18.0 Å². The zero-order valence-corrected chi connectivity index (χ0v) is 15.2. The third-order valence-corrected chi connectivity index (χ3v) is 4.24. The molecule has 2 N–H and O–H groups in total. The summed E-state index contributed by atoms with van der Waals surface area (Å²) in [6.45, 7) is 0.229. The van der Waals surface area contributed by atoms with Crippen LogP contribution in [-0.4, -0.2) is 5.91 Å². The van der Waals surface area contributed by atoms with Gasteiger partial charge in [-0.05, 0) is 35.9 Å². The van der Waals surface area contributed by atoms with E-state index in [0.29, 0.717) is 11.3 Å². The summed E-state index contributed by atoms with van der Waals surface area (Å²) in [5, 5.41) is 5.31. The maximum Gasteiger partial charge on any atom is 0.418 e. The number of furan rings is 1. The van der Waals surface area contributed by atoms with E-state index in [1.807, 2.05) is 0 Å². The van der Waals surface area contributed by atoms with Crippen molar-refractivity contribution in [1.29, 1.82) is 0 Å². The Morgan fingerprint density at radius 3 is 2.46 bits per heavy atom. The molecular formula is C20H16ClF3N2O2. The van der Waals surface area contributed by atoms with E-state index in [0.717, 1.165) is 12.1 Å². The molecule has 1 aromatic heterocycles. The van der Waals surface area contributed by atoms with Gasteiger partial charge in [0.15, 0.2) is 0 Å². The molecule has 1 heterocycles. The van der Waals surface area contributed by atoms with E-state index in [1.54, 1.807) is 42.5 Å². The molecule has 0 aliphatic rings. The fourth-order valence-corrected chi connectivity index (χ4v) is 2.86. The number of alkyl halides is 3. The number of amides is 1. The summed E-state index contributed by atoms with van der Waals surface area (Å²) in [5.74, 6) is -0.0400. The Morgan fingerprint density at radius 2 is 1.82 bits per heavy atom. The van der Waals surface area contributed by atoms with Gasteiger partial charge in [0.05, 0.1) is 24.1 Å². The molecule has 0 bridgehead atoms. The topological polar surface area (TPSA) is 54.3 Å². The molecule has 0 saturated heterocycles. The predicted molar refractivity (Wildman–Crippen MR) is 99.8 cm³/mol. The number of anilines is 1. The molecule has 1 amide bonds. The van der Waals surface area contributed by atoms with Crippen molar-refractivity contribution < 1.29 is 22.4 Å². The van der Waals surface area contributed by atoms with Gasteiger partial charge in [-0.1, -0.05) is 41.9 Å². The van der Waals surface area contributed by atoms with Gasteiger partial charge in [0.25, 0.3) is 0 Å². The zero-order chi connectivity index (χ0) is 20.1. The van der Waals surface area contributed by atoms with Crippen LogP contribution in [0, 0.1) is 0 Å².